The number of pyridine rings is 1. The highest BCUT2D eigenvalue weighted by Crippen LogP contribution is 2.27. The van der Waals surface area contributed by atoms with Crippen molar-refractivity contribution in [3.8, 4) is 5.88 Å². The monoisotopic (exact) mass is 217 g/mol. The molecule has 78 valence electrons. The second kappa shape index (κ2) is 5.14. The molecule has 0 N–H and O–H groups in total. The van der Waals surface area contributed by atoms with Gasteiger partial charge < -0.3 is 14.2 Å². The molecule has 1 rings (SSSR count). The van der Waals surface area contributed by atoms with E-state index in [1.807, 2.05) is 0 Å². The molecule has 0 aliphatic rings. The standard InChI is InChI=1S/C9H12ClNO3/c1-12-8-7(9(13-2)14-3)4-6(10)5-11-8/h4-5,9H,1-3H3. The number of nitrogens with zero attached hydrogens (tertiary/aromatic N) is 1. The Hall–Kier alpha value is -0.840. The van der Waals surface area contributed by atoms with Crippen molar-refractivity contribution in [3.63, 3.8) is 0 Å². The Kier molecular flexibility index (Phi) is 4.13. The molecule has 1 aromatic heterocycles. The van der Waals surface area contributed by atoms with Crippen LogP contribution >= 0.6 is 11.6 Å². The SMILES string of the molecule is COc1ncc(Cl)cc1C(OC)OC. The van der Waals surface area contributed by atoms with Gasteiger partial charge in [0.05, 0.1) is 17.7 Å². The van der Waals surface area contributed by atoms with Crippen molar-refractivity contribution in [1.29, 1.82) is 0 Å². The zero-order chi connectivity index (χ0) is 10.6. The number of aromatic nitrogens is 1. The fraction of sp³-hybridized carbons (Fsp3) is 0.444. The molecule has 0 aliphatic carbocycles. The number of halogens is 1. The van der Waals surface area contributed by atoms with Gasteiger partial charge in [0.1, 0.15) is 0 Å². The second-order valence-electron chi connectivity index (χ2n) is 2.56. The van der Waals surface area contributed by atoms with Crippen LogP contribution in [0.5, 0.6) is 5.88 Å². The van der Waals surface area contributed by atoms with Crippen LogP contribution in [0.1, 0.15) is 11.9 Å². The number of rotatable bonds is 4. The molecule has 0 saturated carbocycles. The Balaban J connectivity index is 3.08. The van der Waals surface area contributed by atoms with E-state index in [2.05, 4.69) is 4.98 Å². The highest BCUT2D eigenvalue weighted by molar-refractivity contribution is 6.30. The fourth-order valence-corrected chi connectivity index (χ4v) is 1.30. The third-order valence-corrected chi connectivity index (χ3v) is 1.93. The molecule has 0 atom stereocenters. The van der Waals surface area contributed by atoms with E-state index in [-0.39, 0.29) is 0 Å². The lowest BCUT2D eigenvalue weighted by Crippen LogP contribution is -2.06. The molecule has 0 amide bonds. The molecule has 1 aromatic rings. The summed E-state index contributed by atoms with van der Waals surface area (Å²) in [5, 5.41) is 0.514. The molecule has 5 heteroatoms. The predicted molar refractivity (Wildman–Crippen MR) is 52.6 cm³/mol. The van der Waals surface area contributed by atoms with Crippen LogP contribution in [-0.4, -0.2) is 26.3 Å². The maximum atomic E-state index is 5.80. The number of hydrogen-bond acceptors (Lipinski definition) is 4. The first kappa shape index (κ1) is 11.2. The summed E-state index contributed by atoms with van der Waals surface area (Å²) in [6, 6.07) is 1.70. The van der Waals surface area contributed by atoms with Crippen LogP contribution in [0.2, 0.25) is 5.02 Å². The predicted octanol–water partition coefficient (Wildman–Crippen LogP) is 2.04. The van der Waals surface area contributed by atoms with Crippen LogP contribution in [0, 0.1) is 0 Å². The largest absolute Gasteiger partial charge is 0.481 e. The van der Waals surface area contributed by atoms with Crippen molar-refractivity contribution in [1.82, 2.24) is 4.98 Å². The zero-order valence-corrected chi connectivity index (χ0v) is 9.04. The van der Waals surface area contributed by atoms with Gasteiger partial charge in [-0.15, -0.1) is 0 Å². The molecule has 14 heavy (non-hydrogen) atoms. The van der Waals surface area contributed by atoms with Gasteiger partial charge in [0, 0.05) is 20.4 Å². The molecule has 0 spiro atoms. The van der Waals surface area contributed by atoms with Crippen LogP contribution in [0.25, 0.3) is 0 Å². The Labute approximate surface area is 87.8 Å². The minimum Gasteiger partial charge on any atom is -0.481 e. The molecule has 4 nitrogen and oxygen atoms in total. The van der Waals surface area contributed by atoms with Gasteiger partial charge in [-0.1, -0.05) is 11.6 Å². The summed E-state index contributed by atoms with van der Waals surface area (Å²) in [7, 11) is 4.60. The van der Waals surface area contributed by atoms with E-state index in [9.17, 15) is 0 Å². The van der Waals surface area contributed by atoms with Gasteiger partial charge in [0.25, 0.3) is 0 Å². The molecular formula is C9H12ClNO3. The summed E-state index contributed by atoms with van der Waals surface area (Å²) < 4.78 is 15.2. The lowest BCUT2D eigenvalue weighted by molar-refractivity contribution is -0.107. The first-order chi connectivity index (χ1) is 6.72. The lowest BCUT2D eigenvalue weighted by atomic mass is 10.2. The Bertz CT molecular complexity index is 302. The van der Waals surface area contributed by atoms with Crippen molar-refractivity contribution >= 4 is 11.6 Å². The quantitative estimate of drug-likeness (QED) is 0.724. The topological polar surface area (TPSA) is 40.6 Å². The van der Waals surface area contributed by atoms with Gasteiger partial charge in [0.15, 0.2) is 6.29 Å². The zero-order valence-electron chi connectivity index (χ0n) is 8.28. The summed E-state index contributed by atoms with van der Waals surface area (Å²) in [6.07, 6.45) is 0.989. The highest BCUT2D eigenvalue weighted by atomic mass is 35.5. The van der Waals surface area contributed by atoms with Gasteiger partial charge in [-0.25, -0.2) is 4.98 Å². The minimum absolute atomic E-state index is 0.447. The smallest absolute Gasteiger partial charge is 0.221 e. The van der Waals surface area contributed by atoms with Gasteiger partial charge in [-0.05, 0) is 6.07 Å². The third-order valence-electron chi connectivity index (χ3n) is 1.72. The Morgan fingerprint density at radius 3 is 2.43 bits per heavy atom. The Morgan fingerprint density at radius 2 is 1.93 bits per heavy atom. The van der Waals surface area contributed by atoms with Crippen molar-refractivity contribution in [2.24, 2.45) is 0 Å². The van der Waals surface area contributed by atoms with Gasteiger partial charge in [-0.3, -0.25) is 0 Å². The van der Waals surface area contributed by atoms with E-state index < -0.39 is 6.29 Å². The van der Waals surface area contributed by atoms with Gasteiger partial charge in [0.2, 0.25) is 5.88 Å². The molecule has 0 bridgehead atoms. The highest BCUT2D eigenvalue weighted by Gasteiger charge is 2.16. The molecular weight excluding hydrogens is 206 g/mol. The van der Waals surface area contributed by atoms with Gasteiger partial charge >= 0.3 is 0 Å². The maximum Gasteiger partial charge on any atom is 0.221 e. The summed E-state index contributed by atoms with van der Waals surface area (Å²) in [5.74, 6) is 0.447. The maximum absolute atomic E-state index is 5.80. The van der Waals surface area contributed by atoms with E-state index in [0.717, 1.165) is 0 Å². The van der Waals surface area contributed by atoms with Crippen molar-refractivity contribution in [2.45, 2.75) is 6.29 Å². The average molecular weight is 218 g/mol. The minimum atomic E-state index is -0.517. The molecule has 0 fully saturated rings. The average Bonchev–Trinajstić information content (AvgIpc) is 2.20. The van der Waals surface area contributed by atoms with E-state index in [1.54, 1.807) is 6.07 Å². The summed E-state index contributed by atoms with van der Waals surface area (Å²) in [5.41, 5.74) is 0.671. The van der Waals surface area contributed by atoms with Crippen LogP contribution in [0.15, 0.2) is 12.3 Å². The second-order valence-corrected chi connectivity index (χ2v) is 2.99. The molecule has 0 aromatic carbocycles. The number of hydrogen-bond donors (Lipinski definition) is 0. The summed E-state index contributed by atoms with van der Waals surface area (Å²) in [6.45, 7) is 0. The first-order valence-electron chi connectivity index (χ1n) is 3.98. The summed E-state index contributed by atoms with van der Waals surface area (Å²) >= 11 is 5.80. The van der Waals surface area contributed by atoms with Crippen LogP contribution in [0.4, 0.5) is 0 Å². The van der Waals surface area contributed by atoms with Crippen molar-refractivity contribution in [2.75, 3.05) is 21.3 Å². The number of ether oxygens (including phenoxy) is 3. The van der Waals surface area contributed by atoms with Crippen LogP contribution in [0.3, 0.4) is 0 Å². The van der Waals surface area contributed by atoms with Gasteiger partial charge in [-0.2, -0.15) is 0 Å². The van der Waals surface area contributed by atoms with E-state index in [1.165, 1.54) is 27.5 Å². The molecule has 0 radical (unpaired) electrons. The lowest BCUT2D eigenvalue weighted by Gasteiger charge is -2.15. The van der Waals surface area contributed by atoms with E-state index in [0.29, 0.717) is 16.5 Å². The normalized spacial score (nSPS) is 10.6. The third kappa shape index (κ3) is 2.35. The van der Waals surface area contributed by atoms with E-state index in [4.69, 9.17) is 25.8 Å². The molecule has 1 heterocycles. The fourth-order valence-electron chi connectivity index (χ4n) is 1.13. The Morgan fingerprint density at radius 1 is 1.29 bits per heavy atom. The van der Waals surface area contributed by atoms with Crippen molar-refractivity contribution in [3.05, 3.63) is 22.8 Å². The van der Waals surface area contributed by atoms with Crippen LogP contribution in [-0.2, 0) is 9.47 Å². The molecule has 0 saturated heterocycles. The summed E-state index contributed by atoms with van der Waals surface area (Å²) in [4.78, 5) is 4.00. The van der Waals surface area contributed by atoms with Crippen LogP contribution < -0.4 is 4.74 Å². The molecule has 0 unspecified atom stereocenters. The van der Waals surface area contributed by atoms with Crippen molar-refractivity contribution < 1.29 is 14.2 Å². The number of methoxy groups -OCH3 is 3. The molecule has 0 aliphatic heterocycles. The van der Waals surface area contributed by atoms with E-state index >= 15 is 0 Å². The first-order valence-corrected chi connectivity index (χ1v) is 4.35.